The second kappa shape index (κ2) is 2.58. The number of hydrogen-bond acceptors (Lipinski definition) is 2. The van der Waals surface area contributed by atoms with Gasteiger partial charge >= 0.3 is 5.97 Å². The highest BCUT2D eigenvalue weighted by Crippen LogP contribution is 2.22. The van der Waals surface area contributed by atoms with Crippen LogP contribution in [0, 0.1) is 0 Å². The lowest BCUT2D eigenvalue weighted by atomic mass is 9.95. The van der Waals surface area contributed by atoms with Crippen LogP contribution in [0.2, 0.25) is 0 Å². The van der Waals surface area contributed by atoms with Crippen molar-refractivity contribution in [3.63, 3.8) is 0 Å². The molecule has 2 N–H and O–H groups in total. The molecule has 3 nitrogen and oxygen atoms in total. The summed E-state index contributed by atoms with van der Waals surface area (Å²) >= 11 is 0. The van der Waals surface area contributed by atoms with Crippen LogP contribution in [0.4, 0.5) is 0 Å². The van der Waals surface area contributed by atoms with Crippen molar-refractivity contribution in [1.82, 2.24) is 5.32 Å². The normalized spacial score (nSPS) is 32.5. The van der Waals surface area contributed by atoms with Crippen molar-refractivity contribution in [2.75, 3.05) is 6.54 Å². The molecule has 1 unspecified atom stereocenters. The number of rotatable bonds is 2. The minimum atomic E-state index is -0.701. The fraction of sp³-hybridized carbons (Fsp3) is 0.857. The van der Waals surface area contributed by atoms with Crippen molar-refractivity contribution >= 4 is 5.97 Å². The first kappa shape index (κ1) is 7.54. The molecule has 1 aliphatic rings. The smallest absolute Gasteiger partial charge is 0.323 e. The zero-order chi connectivity index (χ0) is 7.61. The molecule has 0 amide bonds. The van der Waals surface area contributed by atoms with E-state index in [-0.39, 0.29) is 0 Å². The molecule has 0 aromatic heterocycles. The highest BCUT2D eigenvalue weighted by atomic mass is 16.4. The molecule has 0 spiro atoms. The summed E-state index contributed by atoms with van der Waals surface area (Å²) in [4.78, 5) is 10.7. The fourth-order valence-corrected chi connectivity index (χ4v) is 1.44. The lowest BCUT2D eigenvalue weighted by Crippen LogP contribution is -2.46. The van der Waals surface area contributed by atoms with Gasteiger partial charge < -0.3 is 10.4 Å². The molecule has 3 heteroatoms. The van der Waals surface area contributed by atoms with Gasteiger partial charge in [0.05, 0.1) is 0 Å². The standard InChI is InChI=1S/C7H13NO2/c1-2-7(6(9)10)4-3-5-8-7/h8H,2-5H2,1H3,(H,9,10). The van der Waals surface area contributed by atoms with Crippen molar-refractivity contribution in [1.29, 1.82) is 0 Å². The Morgan fingerprint density at radius 2 is 2.50 bits per heavy atom. The average molecular weight is 143 g/mol. The maximum Gasteiger partial charge on any atom is 0.323 e. The minimum Gasteiger partial charge on any atom is -0.480 e. The predicted octanol–water partition coefficient (Wildman–Crippen LogP) is 0.603. The highest BCUT2D eigenvalue weighted by Gasteiger charge is 2.38. The van der Waals surface area contributed by atoms with Crippen LogP contribution in [0.15, 0.2) is 0 Å². The van der Waals surface area contributed by atoms with Crippen LogP contribution in [0.5, 0.6) is 0 Å². The molecule has 0 radical (unpaired) electrons. The van der Waals surface area contributed by atoms with Gasteiger partial charge in [-0.25, -0.2) is 0 Å². The molecule has 10 heavy (non-hydrogen) atoms. The number of carboxylic acid groups (broad SMARTS) is 1. The predicted molar refractivity (Wildman–Crippen MR) is 37.9 cm³/mol. The first-order valence-corrected chi connectivity index (χ1v) is 3.70. The van der Waals surface area contributed by atoms with Gasteiger partial charge in [-0.1, -0.05) is 6.92 Å². The minimum absolute atomic E-state index is 0.597. The van der Waals surface area contributed by atoms with Gasteiger partial charge in [0.2, 0.25) is 0 Å². The Kier molecular flexibility index (Phi) is 1.94. The SMILES string of the molecule is CCC1(C(=O)O)CCCN1. The molecule has 1 atom stereocenters. The van der Waals surface area contributed by atoms with E-state index in [0.29, 0.717) is 6.42 Å². The van der Waals surface area contributed by atoms with Gasteiger partial charge in [-0.15, -0.1) is 0 Å². The molecule has 1 saturated heterocycles. The average Bonchev–Trinajstić information content (AvgIpc) is 2.35. The largest absolute Gasteiger partial charge is 0.480 e. The third kappa shape index (κ3) is 1.01. The second-order valence-corrected chi connectivity index (χ2v) is 2.77. The summed E-state index contributed by atoms with van der Waals surface area (Å²) in [5, 5.41) is 11.8. The van der Waals surface area contributed by atoms with Gasteiger partial charge in [0.15, 0.2) is 0 Å². The first-order valence-electron chi connectivity index (χ1n) is 3.70. The summed E-state index contributed by atoms with van der Waals surface area (Å²) in [6.07, 6.45) is 2.45. The van der Waals surface area contributed by atoms with Gasteiger partial charge in [-0.3, -0.25) is 4.79 Å². The zero-order valence-electron chi connectivity index (χ0n) is 6.18. The molecule has 1 heterocycles. The third-order valence-electron chi connectivity index (χ3n) is 2.26. The number of hydrogen-bond donors (Lipinski definition) is 2. The van der Waals surface area contributed by atoms with Gasteiger partial charge in [0.25, 0.3) is 0 Å². The fourth-order valence-electron chi connectivity index (χ4n) is 1.44. The van der Waals surface area contributed by atoms with E-state index in [4.69, 9.17) is 5.11 Å². The number of aliphatic carboxylic acids is 1. The highest BCUT2D eigenvalue weighted by molar-refractivity contribution is 5.79. The quantitative estimate of drug-likeness (QED) is 0.595. The molecular formula is C7H13NO2. The second-order valence-electron chi connectivity index (χ2n) is 2.77. The Hall–Kier alpha value is -0.570. The number of nitrogens with one attached hydrogen (secondary N) is 1. The summed E-state index contributed by atoms with van der Waals surface area (Å²) in [6.45, 7) is 2.76. The summed E-state index contributed by atoms with van der Waals surface area (Å²) in [5.41, 5.74) is -0.597. The lowest BCUT2D eigenvalue weighted by Gasteiger charge is -2.21. The maximum absolute atomic E-state index is 10.7. The third-order valence-corrected chi connectivity index (χ3v) is 2.26. The lowest BCUT2D eigenvalue weighted by molar-refractivity contribution is -0.144. The summed E-state index contributed by atoms with van der Waals surface area (Å²) < 4.78 is 0. The van der Waals surface area contributed by atoms with Gasteiger partial charge in [0, 0.05) is 0 Å². The van der Waals surface area contributed by atoms with Crippen molar-refractivity contribution in [2.24, 2.45) is 0 Å². The topological polar surface area (TPSA) is 49.3 Å². The van der Waals surface area contributed by atoms with Gasteiger partial charge in [0.1, 0.15) is 5.54 Å². The van der Waals surface area contributed by atoms with Crippen molar-refractivity contribution in [2.45, 2.75) is 31.7 Å². The molecule has 1 rings (SSSR count). The summed E-state index contributed by atoms with van der Waals surface area (Å²) in [7, 11) is 0. The molecule has 0 aliphatic carbocycles. The van der Waals surface area contributed by atoms with Crippen LogP contribution >= 0.6 is 0 Å². The molecular weight excluding hydrogens is 130 g/mol. The van der Waals surface area contributed by atoms with E-state index in [1.807, 2.05) is 6.92 Å². The zero-order valence-corrected chi connectivity index (χ0v) is 6.18. The van der Waals surface area contributed by atoms with Crippen LogP contribution in [-0.2, 0) is 4.79 Å². The Labute approximate surface area is 60.4 Å². The van der Waals surface area contributed by atoms with E-state index in [1.165, 1.54) is 0 Å². The van der Waals surface area contributed by atoms with E-state index < -0.39 is 11.5 Å². The Bertz CT molecular complexity index is 139. The molecule has 0 saturated carbocycles. The van der Waals surface area contributed by atoms with Crippen LogP contribution in [0.3, 0.4) is 0 Å². The van der Waals surface area contributed by atoms with Crippen LogP contribution in [-0.4, -0.2) is 23.2 Å². The van der Waals surface area contributed by atoms with Crippen molar-refractivity contribution in [3.05, 3.63) is 0 Å². The Morgan fingerprint density at radius 1 is 1.80 bits per heavy atom. The van der Waals surface area contributed by atoms with Crippen LogP contribution < -0.4 is 5.32 Å². The van der Waals surface area contributed by atoms with Crippen molar-refractivity contribution < 1.29 is 9.90 Å². The molecule has 1 aliphatic heterocycles. The van der Waals surface area contributed by atoms with Gasteiger partial charge in [-0.05, 0) is 25.8 Å². The van der Waals surface area contributed by atoms with Gasteiger partial charge in [-0.2, -0.15) is 0 Å². The molecule has 1 fully saturated rings. The van der Waals surface area contributed by atoms with E-state index in [1.54, 1.807) is 0 Å². The van der Waals surface area contributed by atoms with Crippen molar-refractivity contribution in [3.8, 4) is 0 Å². The van der Waals surface area contributed by atoms with E-state index in [2.05, 4.69) is 5.32 Å². The molecule has 58 valence electrons. The monoisotopic (exact) mass is 143 g/mol. The van der Waals surface area contributed by atoms with E-state index in [9.17, 15) is 4.79 Å². The van der Waals surface area contributed by atoms with Crippen LogP contribution in [0.1, 0.15) is 26.2 Å². The Balaban J connectivity index is 2.67. The molecule has 0 bridgehead atoms. The summed E-state index contributed by atoms with van der Waals surface area (Å²) in [6, 6.07) is 0. The number of carboxylic acids is 1. The number of carbonyl (C=O) groups is 1. The van der Waals surface area contributed by atoms with Crippen LogP contribution in [0.25, 0.3) is 0 Å². The van der Waals surface area contributed by atoms with E-state index >= 15 is 0 Å². The molecule has 0 aromatic rings. The molecule has 0 aromatic carbocycles. The van der Waals surface area contributed by atoms with E-state index in [0.717, 1.165) is 19.4 Å². The Morgan fingerprint density at radius 3 is 2.70 bits per heavy atom. The maximum atomic E-state index is 10.7. The first-order chi connectivity index (χ1) is 4.71. The summed E-state index contributed by atoms with van der Waals surface area (Å²) in [5.74, 6) is -0.701.